The lowest BCUT2D eigenvalue weighted by molar-refractivity contribution is 0.139. The fraction of sp³-hybridized carbons (Fsp3) is 0.462. The number of anilines is 1. The third-order valence-electron chi connectivity index (χ3n) is 2.83. The summed E-state index contributed by atoms with van der Waals surface area (Å²) in [7, 11) is 0. The number of benzene rings is 1. The van der Waals surface area contributed by atoms with Crippen molar-refractivity contribution in [3.05, 3.63) is 24.0 Å². The van der Waals surface area contributed by atoms with Crippen molar-refractivity contribution < 1.29 is 4.74 Å². The second-order valence-electron chi connectivity index (χ2n) is 3.98. The standard InChI is InChI=1S/C13H19N3O/c1-3-13-15-11-9-10(14)5-6-12(11)16(13)7-8-17-4-2/h5-6,9H,3-4,7-8,14H2,1-2H3. The molecule has 0 atom stereocenters. The van der Waals surface area contributed by atoms with E-state index in [1.807, 2.05) is 25.1 Å². The van der Waals surface area contributed by atoms with Gasteiger partial charge in [-0.3, -0.25) is 0 Å². The van der Waals surface area contributed by atoms with Gasteiger partial charge in [-0.1, -0.05) is 6.92 Å². The van der Waals surface area contributed by atoms with Gasteiger partial charge in [0.1, 0.15) is 5.82 Å². The Bertz CT molecular complexity index is 505. The zero-order valence-electron chi connectivity index (χ0n) is 10.4. The van der Waals surface area contributed by atoms with Crippen LogP contribution in [0.2, 0.25) is 0 Å². The largest absolute Gasteiger partial charge is 0.399 e. The molecule has 92 valence electrons. The van der Waals surface area contributed by atoms with Gasteiger partial charge in [0, 0.05) is 25.3 Å². The first kappa shape index (κ1) is 11.9. The van der Waals surface area contributed by atoms with Crippen molar-refractivity contribution in [2.24, 2.45) is 0 Å². The van der Waals surface area contributed by atoms with Gasteiger partial charge in [0.05, 0.1) is 17.6 Å². The van der Waals surface area contributed by atoms with Crippen molar-refractivity contribution in [2.75, 3.05) is 18.9 Å². The van der Waals surface area contributed by atoms with Gasteiger partial charge >= 0.3 is 0 Å². The first-order valence-electron chi connectivity index (χ1n) is 6.08. The minimum absolute atomic E-state index is 0.722. The first-order valence-corrected chi connectivity index (χ1v) is 6.08. The van der Waals surface area contributed by atoms with Crippen LogP contribution in [0.15, 0.2) is 18.2 Å². The molecule has 17 heavy (non-hydrogen) atoms. The summed E-state index contributed by atoms with van der Waals surface area (Å²) in [6.45, 7) is 6.44. The number of nitrogens with zero attached hydrogens (tertiary/aromatic N) is 2. The van der Waals surface area contributed by atoms with E-state index in [0.29, 0.717) is 0 Å². The first-order chi connectivity index (χ1) is 8.26. The lowest BCUT2D eigenvalue weighted by atomic mass is 10.3. The summed E-state index contributed by atoms with van der Waals surface area (Å²) in [6.07, 6.45) is 0.917. The Labute approximate surface area is 101 Å². The highest BCUT2D eigenvalue weighted by molar-refractivity contribution is 5.79. The molecular formula is C13H19N3O. The molecule has 4 nitrogen and oxygen atoms in total. The number of fused-ring (bicyclic) bond motifs is 1. The van der Waals surface area contributed by atoms with Crippen LogP contribution in [0.4, 0.5) is 5.69 Å². The second-order valence-corrected chi connectivity index (χ2v) is 3.98. The van der Waals surface area contributed by atoms with E-state index in [0.717, 1.165) is 48.7 Å². The van der Waals surface area contributed by atoms with Gasteiger partial charge in [-0.2, -0.15) is 0 Å². The number of hydrogen-bond acceptors (Lipinski definition) is 3. The zero-order valence-corrected chi connectivity index (χ0v) is 10.4. The normalized spacial score (nSPS) is 11.2. The van der Waals surface area contributed by atoms with Crippen molar-refractivity contribution in [1.29, 1.82) is 0 Å². The molecule has 0 aliphatic carbocycles. The number of rotatable bonds is 5. The van der Waals surface area contributed by atoms with Crippen molar-refractivity contribution in [3.8, 4) is 0 Å². The van der Waals surface area contributed by atoms with Gasteiger partial charge < -0.3 is 15.0 Å². The molecule has 0 saturated heterocycles. The number of imidazole rings is 1. The number of aryl methyl sites for hydroxylation is 1. The Morgan fingerprint density at radius 3 is 2.88 bits per heavy atom. The molecule has 2 aromatic rings. The number of nitrogen functional groups attached to an aromatic ring is 1. The molecule has 0 aliphatic rings. The number of ether oxygens (including phenoxy) is 1. The third kappa shape index (κ3) is 2.42. The molecule has 4 heteroatoms. The van der Waals surface area contributed by atoms with Crippen molar-refractivity contribution in [1.82, 2.24) is 9.55 Å². The fourth-order valence-corrected chi connectivity index (χ4v) is 2.02. The van der Waals surface area contributed by atoms with Gasteiger partial charge in [0.25, 0.3) is 0 Å². The van der Waals surface area contributed by atoms with Crippen LogP contribution < -0.4 is 5.73 Å². The molecule has 0 amide bonds. The van der Waals surface area contributed by atoms with Gasteiger partial charge in [0.2, 0.25) is 0 Å². The summed E-state index contributed by atoms with van der Waals surface area (Å²) in [5.41, 5.74) is 8.64. The summed E-state index contributed by atoms with van der Waals surface area (Å²) < 4.78 is 7.62. The average molecular weight is 233 g/mol. The second kappa shape index (κ2) is 5.19. The van der Waals surface area contributed by atoms with Gasteiger partial charge in [0.15, 0.2) is 0 Å². The van der Waals surface area contributed by atoms with E-state index in [1.165, 1.54) is 0 Å². The third-order valence-corrected chi connectivity index (χ3v) is 2.83. The van der Waals surface area contributed by atoms with E-state index >= 15 is 0 Å². The molecule has 2 rings (SSSR count). The van der Waals surface area contributed by atoms with Crippen LogP contribution in [0.5, 0.6) is 0 Å². The van der Waals surface area contributed by atoms with E-state index < -0.39 is 0 Å². The van der Waals surface area contributed by atoms with Crippen molar-refractivity contribution >= 4 is 16.7 Å². The molecule has 0 fully saturated rings. The summed E-state index contributed by atoms with van der Waals surface area (Å²) in [4.78, 5) is 4.60. The SMILES string of the molecule is CCOCCn1c(CC)nc2cc(N)ccc21. The maximum Gasteiger partial charge on any atom is 0.109 e. The highest BCUT2D eigenvalue weighted by Gasteiger charge is 2.08. The maximum absolute atomic E-state index is 5.77. The molecule has 0 aliphatic heterocycles. The van der Waals surface area contributed by atoms with Crippen molar-refractivity contribution in [3.63, 3.8) is 0 Å². The predicted molar refractivity (Wildman–Crippen MR) is 70.0 cm³/mol. The molecule has 0 spiro atoms. The molecule has 0 unspecified atom stereocenters. The van der Waals surface area contributed by atoms with Crippen LogP contribution in [0.1, 0.15) is 19.7 Å². The highest BCUT2D eigenvalue weighted by atomic mass is 16.5. The van der Waals surface area contributed by atoms with Crippen LogP contribution in [-0.2, 0) is 17.7 Å². The summed E-state index contributed by atoms with van der Waals surface area (Å²) >= 11 is 0. The van der Waals surface area contributed by atoms with Crippen LogP contribution in [0.25, 0.3) is 11.0 Å². The summed E-state index contributed by atoms with van der Waals surface area (Å²) in [6, 6.07) is 5.87. The summed E-state index contributed by atoms with van der Waals surface area (Å²) in [5, 5.41) is 0. The minimum Gasteiger partial charge on any atom is -0.399 e. The Kier molecular flexibility index (Phi) is 3.64. The van der Waals surface area contributed by atoms with Gasteiger partial charge in [-0.15, -0.1) is 0 Å². The number of hydrogen-bond donors (Lipinski definition) is 1. The monoisotopic (exact) mass is 233 g/mol. The predicted octanol–water partition coefficient (Wildman–Crippen LogP) is 2.22. The van der Waals surface area contributed by atoms with Crippen LogP contribution in [-0.4, -0.2) is 22.8 Å². The molecule has 0 saturated carbocycles. The fourth-order valence-electron chi connectivity index (χ4n) is 2.02. The number of nitrogens with two attached hydrogens (primary N) is 1. The van der Waals surface area contributed by atoms with Crippen LogP contribution >= 0.6 is 0 Å². The zero-order chi connectivity index (χ0) is 12.3. The van der Waals surface area contributed by atoms with E-state index in [9.17, 15) is 0 Å². The Hall–Kier alpha value is -1.55. The molecule has 0 radical (unpaired) electrons. The molecular weight excluding hydrogens is 214 g/mol. The number of aromatic nitrogens is 2. The molecule has 1 aromatic heterocycles. The topological polar surface area (TPSA) is 53.1 Å². The Morgan fingerprint density at radius 1 is 1.35 bits per heavy atom. The van der Waals surface area contributed by atoms with Gasteiger partial charge in [-0.25, -0.2) is 4.98 Å². The highest BCUT2D eigenvalue weighted by Crippen LogP contribution is 2.19. The summed E-state index contributed by atoms with van der Waals surface area (Å²) in [5.74, 6) is 1.09. The molecule has 1 aromatic carbocycles. The van der Waals surface area contributed by atoms with Crippen LogP contribution in [0, 0.1) is 0 Å². The Morgan fingerprint density at radius 2 is 2.18 bits per heavy atom. The van der Waals surface area contributed by atoms with E-state index in [4.69, 9.17) is 10.5 Å². The molecule has 2 N–H and O–H groups in total. The maximum atomic E-state index is 5.77. The van der Waals surface area contributed by atoms with E-state index in [1.54, 1.807) is 0 Å². The molecule has 0 bridgehead atoms. The van der Waals surface area contributed by atoms with Crippen molar-refractivity contribution in [2.45, 2.75) is 26.8 Å². The quantitative estimate of drug-likeness (QED) is 0.636. The molecule has 1 heterocycles. The lowest BCUT2D eigenvalue weighted by Crippen LogP contribution is -2.08. The minimum atomic E-state index is 0.722. The van der Waals surface area contributed by atoms with E-state index in [2.05, 4.69) is 16.5 Å². The van der Waals surface area contributed by atoms with E-state index in [-0.39, 0.29) is 0 Å². The Balaban J connectivity index is 2.36. The average Bonchev–Trinajstić information content (AvgIpc) is 2.67. The van der Waals surface area contributed by atoms with Gasteiger partial charge in [-0.05, 0) is 25.1 Å². The smallest absolute Gasteiger partial charge is 0.109 e. The lowest BCUT2D eigenvalue weighted by Gasteiger charge is -2.07. The van der Waals surface area contributed by atoms with Crippen LogP contribution in [0.3, 0.4) is 0 Å².